The van der Waals surface area contributed by atoms with Crippen LogP contribution in [-0.4, -0.2) is 31.6 Å². The van der Waals surface area contributed by atoms with Gasteiger partial charge in [0.2, 0.25) is 5.91 Å². The summed E-state index contributed by atoms with van der Waals surface area (Å²) in [5.41, 5.74) is 0.327. The number of halogens is 1. The fourth-order valence-corrected chi connectivity index (χ4v) is 1.62. The molecule has 0 fully saturated rings. The normalized spacial score (nSPS) is 9.75. The van der Waals surface area contributed by atoms with Crippen molar-refractivity contribution in [2.24, 2.45) is 0 Å². The maximum Gasteiger partial charge on any atom is 0.339 e. The van der Waals surface area contributed by atoms with E-state index in [4.69, 9.17) is 11.6 Å². The van der Waals surface area contributed by atoms with E-state index in [0.29, 0.717) is 5.02 Å². The first-order valence-electron chi connectivity index (χ1n) is 5.81. The Morgan fingerprint density at radius 2 is 2.00 bits per heavy atom. The number of esters is 2. The van der Waals surface area contributed by atoms with E-state index in [2.05, 4.69) is 14.8 Å². The zero-order valence-electron chi connectivity index (χ0n) is 11.1. The fourth-order valence-electron chi connectivity index (χ4n) is 1.45. The van der Waals surface area contributed by atoms with Crippen LogP contribution in [0.4, 0.5) is 5.69 Å². The first-order valence-corrected chi connectivity index (χ1v) is 6.19. The minimum Gasteiger partial charge on any atom is -0.466 e. The first kappa shape index (κ1) is 16.0. The van der Waals surface area contributed by atoms with Crippen molar-refractivity contribution in [2.75, 3.05) is 19.0 Å². The van der Waals surface area contributed by atoms with Crippen molar-refractivity contribution in [3.05, 3.63) is 28.8 Å². The van der Waals surface area contributed by atoms with Gasteiger partial charge in [0.15, 0.2) is 0 Å². The second-order valence-corrected chi connectivity index (χ2v) is 4.15. The average molecular weight is 300 g/mol. The van der Waals surface area contributed by atoms with Gasteiger partial charge in [0, 0.05) is 5.02 Å². The van der Waals surface area contributed by atoms with E-state index in [0.717, 1.165) is 0 Å². The molecule has 0 atom stereocenters. The van der Waals surface area contributed by atoms with Gasteiger partial charge in [-0.25, -0.2) is 4.79 Å². The second kappa shape index (κ2) is 7.49. The predicted molar refractivity (Wildman–Crippen MR) is 72.7 cm³/mol. The molecule has 0 saturated carbocycles. The SMILES string of the molecule is CCOC(=O)CC(=O)Nc1cc(Cl)ccc1C(=O)OC. The molecule has 0 saturated heterocycles. The Morgan fingerprint density at radius 1 is 1.30 bits per heavy atom. The molecule has 0 aliphatic rings. The molecule has 6 nitrogen and oxygen atoms in total. The molecule has 1 N–H and O–H groups in total. The third-order valence-electron chi connectivity index (χ3n) is 2.27. The van der Waals surface area contributed by atoms with E-state index in [1.807, 2.05) is 0 Å². The van der Waals surface area contributed by atoms with E-state index in [1.165, 1.54) is 25.3 Å². The smallest absolute Gasteiger partial charge is 0.339 e. The van der Waals surface area contributed by atoms with E-state index in [1.54, 1.807) is 6.92 Å². The van der Waals surface area contributed by atoms with Gasteiger partial charge in [-0.1, -0.05) is 11.6 Å². The molecule has 7 heteroatoms. The summed E-state index contributed by atoms with van der Waals surface area (Å²) in [7, 11) is 1.22. The number of amides is 1. The summed E-state index contributed by atoms with van der Waals surface area (Å²) in [6.45, 7) is 1.83. The molecular formula is C13H14ClNO5. The molecule has 1 rings (SSSR count). The van der Waals surface area contributed by atoms with Crippen LogP contribution in [0.1, 0.15) is 23.7 Å². The van der Waals surface area contributed by atoms with Crippen LogP contribution in [0, 0.1) is 0 Å². The van der Waals surface area contributed by atoms with Gasteiger partial charge in [-0.2, -0.15) is 0 Å². The van der Waals surface area contributed by atoms with Crippen LogP contribution in [0.25, 0.3) is 0 Å². The highest BCUT2D eigenvalue weighted by atomic mass is 35.5. The molecular weight excluding hydrogens is 286 g/mol. The van der Waals surface area contributed by atoms with Gasteiger partial charge in [-0.3, -0.25) is 9.59 Å². The van der Waals surface area contributed by atoms with Crippen molar-refractivity contribution in [2.45, 2.75) is 13.3 Å². The zero-order chi connectivity index (χ0) is 15.1. The monoisotopic (exact) mass is 299 g/mol. The van der Waals surface area contributed by atoms with Gasteiger partial charge in [0.25, 0.3) is 0 Å². The van der Waals surface area contributed by atoms with Crippen molar-refractivity contribution in [1.29, 1.82) is 0 Å². The summed E-state index contributed by atoms with van der Waals surface area (Å²) in [5.74, 6) is -1.87. The van der Waals surface area contributed by atoms with Crippen molar-refractivity contribution >= 4 is 35.1 Å². The topological polar surface area (TPSA) is 81.7 Å². The molecule has 0 unspecified atom stereocenters. The van der Waals surface area contributed by atoms with Gasteiger partial charge < -0.3 is 14.8 Å². The van der Waals surface area contributed by atoms with Crippen LogP contribution in [0.3, 0.4) is 0 Å². The minimum absolute atomic E-state index is 0.147. The largest absolute Gasteiger partial charge is 0.466 e. The molecule has 0 aliphatic carbocycles. The molecule has 0 bridgehead atoms. The van der Waals surface area contributed by atoms with Crippen LogP contribution in [-0.2, 0) is 19.1 Å². The Morgan fingerprint density at radius 3 is 2.60 bits per heavy atom. The van der Waals surface area contributed by atoms with Crippen LogP contribution >= 0.6 is 11.6 Å². The van der Waals surface area contributed by atoms with E-state index in [-0.39, 0.29) is 17.9 Å². The Bertz CT molecular complexity index is 529. The van der Waals surface area contributed by atoms with Crippen LogP contribution in [0.15, 0.2) is 18.2 Å². The molecule has 0 radical (unpaired) electrons. The van der Waals surface area contributed by atoms with Crippen molar-refractivity contribution in [3.63, 3.8) is 0 Å². The summed E-state index contributed by atoms with van der Waals surface area (Å²) in [6, 6.07) is 4.32. The molecule has 20 heavy (non-hydrogen) atoms. The van der Waals surface area contributed by atoms with Crippen LogP contribution in [0.5, 0.6) is 0 Å². The number of nitrogens with one attached hydrogen (secondary N) is 1. The first-order chi connectivity index (χ1) is 9.47. The van der Waals surface area contributed by atoms with Crippen molar-refractivity contribution in [3.8, 4) is 0 Å². The number of carbonyl (C=O) groups excluding carboxylic acids is 3. The standard InChI is InChI=1S/C13H14ClNO5/c1-3-20-12(17)7-11(16)15-10-6-8(14)4-5-9(10)13(18)19-2/h4-6H,3,7H2,1-2H3,(H,15,16). The highest BCUT2D eigenvalue weighted by Crippen LogP contribution is 2.22. The number of ether oxygens (including phenoxy) is 2. The lowest BCUT2D eigenvalue weighted by Crippen LogP contribution is -2.19. The number of benzene rings is 1. The molecule has 108 valence electrons. The molecule has 0 aliphatic heterocycles. The molecule has 0 heterocycles. The Kier molecular flexibility index (Phi) is 5.99. The summed E-state index contributed by atoms with van der Waals surface area (Å²) in [5, 5.41) is 2.77. The van der Waals surface area contributed by atoms with Crippen molar-refractivity contribution in [1.82, 2.24) is 0 Å². The highest BCUT2D eigenvalue weighted by molar-refractivity contribution is 6.31. The van der Waals surface area contributed by atoms with Crippen LogP contribution < -0.4 is 5.32 Å². The minimum atomic E-state index is -0.647. The van der Waals surface area contributed by atoms with Gasteiger partial charge in [-0.05, 0) is 25.1 Å². The third-order valence-corrected chi connectivity index (χ3v) is 2.51. The second-order valence-electron chi connectivity index (χ2n) is 3.71. The summed E-state index contributed by atoms with van der Waals surface area (Å²) >= 11 is 5.81. The lowest BCUT2D eigenvalue weighted by molar-refractivity contribution is -0.145. The van der Waals surface area contributed by atoms with E-state index < -0.39 is 24.3 Å². The molecule has 0 aromatic heterocycles. The van der Waals surface area contributed by atoms with Crippen LogP contribution in [0.2, 0.25) is 5.02 Å². The fraction of sp³-hybridized carbons (Fsp3) is 0.308. The highest BCUT2D eigenvalue weighted by Gasteiger charge is 2.16. The van der Waals surface area contributed by atoms with Gasteiger partial charge >= 0.3 is 11.9 Å². The Balaban J connectivity index is 2.85. The molecule has 1 aromatic rings. The number of rotatable bonds is 5. The quantitative estimate of drug-likeness (QED) is 0.664. The lowest BCUT2D eigenvalue weighted by Gasteiger charge is -2.10. The number of hydrogen-bond acceptors (Lipinski definition) is 5. The number of hydrogen-bond donors (Lipinski definition) is 1. The van der Waals surface area contributed by atoms with E-state index in [9.17, 15) is 14.4 Å². The lowest BCUT2D eigenvalue weighted by atomic mass is 10.1. The molecule has 1 aromatic carbocycles. The summed E-state index contributed by atoms with van der Waals surface area (Å²) in [4.78, 5) is 34.4. The Hall–Kier alpha value is -2.08. The summed E-state index contributed by atoms with van der Waals surface area (Å²) in [6.07, 6.45) is -0.443. The number of methoxy groups -OCH3 is 1. The van der Waals surface area contributed by atoms with E-state index >= 15 is 0 Å². The maximum atomic E-state index is 11.7. The Labute approximate surface area is 121 Å². The molecule has 0 spiro atoms. The predicted octanol–water partition coefficient (Wildman–Crippen LogP) is 2.02. The number of anilines is 1. The van der Waals surface area contributed by atoms with Gasteiger partial charge in [0.1, 0.15) is 6.42 Å². The maximum absolute atomic E-state index is 11.7. The van der Waals surface area contributed by atoms with Gasteiger partial charge in [-0.15, -0.1) is 0 Å². The number of carbonyl (C=O) groups is 3. The zero-order valence-corrected chi connectivity index (χ0v) is 11.8. The summed E-state index contributed by atoms with van der Waals surface area (Å²) < 4.78 is 9.25. The average Bonchev–Trinajstić information content (AvgIpc) is 2.38. The van der Waals surface area contributed by atoms with Gasteiger partial charge in [0.05, 0.1) is 25.0 Å². The van der Waals surface area contributed by atoms with Crippen molar-refractivity contribution < 1.29 is 23.9 Å². The third kappa shape index (κ3) is 4.55. The molecule has 1 amide bonds.